The number of amides is 2. The van der Waals surface area contributed by atoms with Crippen molar-refractivity contribution in [3.8, 4) is 17.2 Å². The first kappa shape index (κ1) is 16.2. The van der Waals surface area contributed by atoms with Crippen LogP contribution in [-0.2, 0) is 4.79 Å². The standard InChI is InChI=1S/C16H20N2O6/c19-15(20)11-3-6-18(7-4-11)16(21)17-5-8-22-12-1-2-13-14(9-12)24-10-23-13/h1-2,9,11H,3-8,10H2,(H,17,21)(H,19,20). The first-order valence-corrected chi connectivity index (χ1v) is 7.91. The van der Waals surface area contributed by atoms with Gasteiger partial charge in [0, 0.05) is 19.2 Å². The molecule has 0 bridgehead atoms. The van der Waals surface area contributed by atoms with Crippen molar-refractivity contribution in [2.24, 2.45) is 5.92 Å². The second-order valence-corrected chi connectivity index (χ2v) is 5.70. The van der Waals surface area contributed by atoms with Gasteiger partial charge < -0.3 is 29.5 Å². The molecule has 1 aromatic rings. The number of piperidine rings is 1. The van der Waals surface area contributed by atoms with Crippen LogP contribution in [-0.4, -0.2) is 55.0 Å². The van der Waals surface area contributed by atoms with Crippen molar-refractivity contribution in [1.29, 1.82) is 0 Å². The molecular formula is C16H20N2O6. The quantitative estimate of drug-likeness (QED) is 0.787. The van der Waals surface area contributed by atoms with Crippen LogP contribution in [0.2, 0.25) is 0 Å². The minimum absolute atomic E-state index is 0.187. The lowest BCUT2D eigenvalue weighted by Crippen LogP contribution is -2.46. The maximum absolute atomic E-state index is 12.0. The van der Waals surface area contributed by atoms with E-state index < -0.39 is 5.97 Å². The summed E-state index contributed by atoms with van der Waals surface area (Å²) in [5, 5.41) is 11.7. The first-order valence-electron chi connectivity index (χ1n) is 7.91. The molecule has 0 saturated carbocycles. The number of likely N-dealkylation sites (tertiary alicyclic amines) is 1. The summed E-state index contributed by atoms with van der Waals surface area (Å²) in [4.78, 5) is 24.5. The number of carbonyl (C=O) groups excluding carboxylic acids is 1. The minimum Gasteiger partial charge on any atom is -0.492 e. The Bertz CT molecular complexity index is 613. The summed E-state index contributed by atoms with van der Waals surface area (Å²) in [6, 6.07) is 5.13. The highest BCUT2D eigenvalue weighted by atomic mass is 16.7. The molecule has 1 fully saturated rings. The fraction of sp³-hybridized carbons (Fsp3) is 0.500. The Morgan fingerprint density at radius 3 is 2.75 bits per heavy atom. The number of rotatable bonds is 5. The normalized spacial score (nSPS) is 16.8. The van der Waals surface area contributed by atoms with Crippen molar-refractivity contribution in [3.05, 3.63) is 18.2 Å². The summed E-state index contributed by atoms with van der Waals surface area (Å²) in [6.45, 7) is 1.84. The Hall–Kier alpha value is -2.64. The lowest BCUT2D eigenvalue weighted by atomic mass is 9.97. The number of nitrogens with one attached hydrogen (secondary N) is 1. The van der Waals surface area contributed by atoms with Gasteiger partial charge in [-0.05, 0) is 25.0 Å². The molecule has 24 heavy (non-hydrogen) atoms. The molecule has 2 aliphatic rings. The zero-order valence-corrected chi connectivity index (χ0v) is 13.2. The monoisotopic (exact) mass is 336 g/mol. The van der Waals surface area contributed by atoms with Crippen molar-refractivity contribution in [3.63, 3.8) is 0 Å². The molecule has 0 spiro atoms. The van der Waals surface area contributed by atoms with Gasteiger partial charge in [-0.3, -0.25) is 4.79 Å². The van der Waals surface area contributed by atoms with E-state index in [1.807, 2.05) is 0 Å². The van der Waals surface area contributed by atoms with Gasteiger partial charge >= 0.3 is 12.0 Å². The summed E-state index contributed by atoms with van der Waals surface area (Å²) < 4.78 is 16.1. The highest BCUT2D eigenvalue weighted by Gasteiger charge is 2.26. The average molecular weight is 336 g/mol. The number of urea groups is 1. The Balaban J connectivity index is 1.36. The molecule has 2 N–H and O–H groups in total. The van der Waals surface area contributed by atoms with Crippen molar-refractivity contribution in [1.82, 2.24) is 10.2 Å². The first-order chi connectivity index (χ1) is 11.6. The topological polar surface area (TPSA) is 97.3 Å². The third-order valence-corrected chi connectivity index (χ3v) is 4.12. The summed E-state index contributed by atoms with van der Waals surface area (Å²) in [7, 11) is 0. The fourth-order valence-corrected chi connectivity index (χ4v) is 2.73. The number of nitrogens with zero attached hydrogens (tertiary/aromatic N) is 1. The Kier molecular flexibility index (Phi) is 4.93. The van der Waals surface area contributed by atoms with Crippen molar-refractivity contribution >= 4 is 12.0 Å². The van der Waals surface area contributed by atoms with Crippen LogP contribution in [0, 0.1) is 5.92 Å². The third kappa shape index (κ3) is 3.81. The molecule has 0 aromatic heterocycles. The van der Waals surface area contributed by atoms with Gasteiger partial charge in [0.25, 0.3) is 0 Å². The average Bonchev–Trinajstić information content (AvgIpc) is 3.06. The van der Waals surface area contributed by atoms with Gasteiger partial charge in [-0.1, -0.05) is 0 Å². The molecule has 0 radical (unpaired) electrons. The number of benzene rings is 1. The van der Waals surface area contributed by atoms with Gasteiger partial charge in [0.05, 0.1) is 12.5 Å². The molecule has 8 heteroatoms. The molecule has 1 saturated heterocycles. The SMILES string of the molecule is O=C(O)C1CCN(C(=O)NCCOc2ccc3c(c2)OCO3)CC1. The molecule has 1 aromatic carbocycles. The van der Waals surface area contributed by atoms with Crippen LogP contribution in [0.4, 0.5) is 4.79 Å². The van der Waals surface area contributed by atoms with Crippen molar-refractivity contribution in [2.75, 3.05) is 33.0 Å². The van der Waals surface area contributed by atoms with E-state index in [4.69, 9.17) is 19.3 Å². The number of carbonyl (C=O) groups is 2. The Morgan fingerprint density at radius 2 is 2.00 bits per heavy atom. The molecule has 2 aliphatic heterocycles. The molecule has 3 rings (SSSR count). The van der Waals surface area contributed by atoms with E-state index in [1.165, 1.54) is 0 Å². The van der Waals surface area contributed by atoms with Crippen LogP contribution < -0.4 is 19.5 Å². The number of carboxylic acids is 1. The molecule has 130 valence electrons. The van der Waals surface area contributed by atoms with Crippen LogP contribution in [0.5, 0.6) is 17.2 Å². The number of aliphatic carboxylic acids is 1. The van der Waals surface area contributed by atoms with E-state index in [-0.39, 0.29) is 18.7 Å². The van der Waals surface area contributed by atoms with Crippen LogP contribution in [0.1, 0.15) is 12.8 Å². The van der Waals surface area contributed by atoms with E-state index in [0.717, 1.165) is 0 Å². The molecular weight excluding hydrogens is 316 g/mol. The zero-order valence-electron chi connectivity index (χ0n) is 13.2. The Morgan fingerprint density at radius 1 is 1.25 bits per heavy atom. The lowest BCUT2D eigenvalue weighted by molar-refractivity contribution is -0.143. The second-order valence-electron chi connectivity index (χ2n) is 5.70. The van der Waals surface area contributed by atoms with Crippen molar-refractivity contribution in [2.45, 2.75) is 12.8 Å². The predicted octanol–water partition coefficient (Wildman–Crippen LogP) is 1.30. The van der Waals surface area contributed by atoms with E-state index in [1.54, 1.807) is 23.1 Å². The minimum atomic E-state index is -0.785. The van der Waals surface area contributed by atoms with Gasteiger partial charge in [0.15, 0.2) is 11.5 Å². The summed E-state index contributed by atoms with van der Waals surface area (Å²) in [6.07, 6.45) is 0.993. The van der Waals surface area contributed by atoms with Gasteiger partial charge in [-0.15, -0.1) is 0 Å². The summed E-state index contributed by atoms with van der Waals surface area (Å²) in [5.74, 6) is 0.865. The van der Waals surface area contributed by atoms with E-state index in [2.05, 4.69) is 5.32 Å². The van der Waals surface area contributed by atoms with Gasteiger partial charge in [0.1, 0.15) is 12.4 Å². The predicted molar refractivity (Wildman–Crippen MR) is 83.4 cm³/mol. The largest absolute Gasteiger partial charge is 0.492 e. The second kappa shape index (κ2) is 7.29. The third-order valence-electron chi connectivity index (χ3n) is 4.12. The van der Waals surface area contributed by atoms with E-state index >= 15 is 0 Å². The lowest BCUT2D eigenvalue weighted by Gasteiger charge is -2.30. The number of hydrogen-bond donors (Lipinski definition) is 2. The zero-order chi connectivity index (χ0) is 16.9. The van der Waals surface area contributed by atoms with Gasteiger partial charge in [-0.25, -0.2) is 4.79 Å². The molecule has 2 heterocycles. The van der Waals surface area contributed by atoms with Crippen LogP contribution in [0.15, 0.2) is 18.2 Å². The van der Waals surface area contributed by atoms with Crippen molar-refractivity contribution < 1.29 is 28.9 Å². The summed E-state index contributed by atoms with van der Waals surface area (Å²) >= 11 is 0. The van der Waals surface area contributed by atoms with Gasteiger partial charge in [0.2, 0.25) is 6.79 Å². The molecule has 0 unspecified atom stereocenters. The van der Waals surface area contributed by atoms with Crippen LogP contribution in [0.3, 0.4) is 0 Å². The molecule has 0 aliphatic carbocycles. The number of fused-ring (bicyclic) bond motifs is 1. The number of ether oxygens (including phenoxy) is 3. The molecule has 0 atom stereocenters. The molecule has 8 nitrogen and oxygen atoms in total. The fourth-order valence-electron chi connectivity index (χ4n) is 2.73. The number of carboxylic acid groups (broad SMARTS) is 1. The van der Waals surface area contributed by atoms with E-state index in [9.17, 15) is 9.59 Å². The summed E-state index contributed by atoms with van der Waals surface area (Å²) in [5.41, 5.74) is 0. The maximum Gasteiger partial charge on any atom is 0.317 e. The molecule has 2 amide bonds. The van der Waals surface area contributed by atoms with E-state index in [0.29, 0.717) is 56.3 Å². The van der Waals surface area contributed by atoms with Crippen LogP contribution >= 0.6 is 0 Å². The highest BCUT2D eigenvalue weighted by Crippen LogP contribution is 2.34. The smallest absolute Gasteiger partial charge is 0.317 e. The number of hydrogen-bond acceptors (Lipinski definition) is 5. The Labute approximate surface area is 139 Å². The highest BCUT2D eigenvalue weighted by molar-refractivity contribution is 5.75. The maximum atomic E-state index is 12.0. The van der Waals surface area contributed by atoms with Crippen LogP contribution in [0.25, 0.3) is 0 Å². The van der Waals surface area contributed by atoms with Gasteiger partial charge in [-0.2, -0.15) is 0 Å².